The van der Waals surface area contributed by atoms with E-state index in [1.54, 1.807) is 38.1 Å². The van der Waals surface area contributed by atoms with E-state index in [1.807, 2.05) is 6.92 Å². The molecule has 0 spiro atoms. The van der Waals surface area contributed by atoms with Gasteiger partial charge in [0.15, 0.2) is 0 Å². The largest absolute Gasteiger partial charge is 0.354 e. The van der Waals surface area contributed by atoms with Crippen molar-refractivity contribution in [2.45, 2.75) is 51.1 Å². The van der Waals surface area contributed by atoms with Crippen molar-refractivity contribution >= 4 is 39.1 Å². The normalized spacial score (nSPS) is 12.0. The van der Waals surface area contributed by atoms with Gasteiger partial charge in [0.25, 0.3) is 10.0 Å². The van der Waals surface area contributed by atoms with E-state index < -0.39 is 34.3 Å². The maximum atomic E-state index is 14.0. The third kappa shape index (κ3) is 7.58. The zero-order valence-electron chi connectivity index (χ0n) is 22.2. The number of carbonyl (C=O) groups is 2. The SMILES string of the molecule is CCCNC(=O)C(CC)N(Cc1ccc(F)cc1)C(=O)CN(c1ccccc1C)S(=O)(=O)c1ccc(Cl)cc1. The van der Waals surface area contributed by atoms with E-state index in [0.29, 0.717) is 41.2 Å². The molecule has 10 heteroatoms. The number of nitrogens with zero attached hydrogens (tertiary/aromatic N) is 2. The van der Waals surface area contributed by atoms with Crippen LogP contribution in [0.3, 0.4) is 0 Å². The Kier molecular flexibility index (Phi) is 10.5. The molecule has 3 aromatic rings. The van der Waals surface area contributed by atoms with Crippen LogP contribution in [0.2, 0.25) is 5.02 Å². The lowest BCUT2D eigenvalue weighted by atomic mass is 10.1. The van der Waals surface area contributed by atoms with Gasteiger partial charge in [-0.3, -0.25) is 13.9 Å². The third-order valence-electron chi connectivity index (χ3n) is 6.27. The molecule has 0 bridgehead atoms. The van der Waals surface area contributed by atoms with Gasteiger partial charge in [0.1, 0.15) is 18.4 Å². The fraction of sp³-hybridized carbons (Fsp3) is 0.310. The molecule has 7 nitrogen and oxygen atoms in total. The number of halogens is 2. The van der Waals surface area contributed by atoms with Gasteiger partial charge < -0.3 is 10.2 Å². The van der Waals surface area contributed by atoms with Crippen molar-refractivity contribution in [1.29, 1.82) is 0 Å². The zero-order valence-corrected chi connectivity index (χ0v) is 23.8. The second-order valence-electron chi connectivity index (χ2n) is 9.12. The van der Waals surface area contributed by atoms with E-state index >= 15 is 0 Å². The van der Waals surface area contributed by atoms with Crippen LogP contribution in [0.4, 0.5) is 10.1 Å². The summed E-state index contributed by atoms with van der Waals surface area (Å²) >= 11 is 5.98. The topological polar surface area (TPSA) is 86.8 Å². The van der Waals surface area contributed by atoms with E-state index in [4.69, 9.17) is 11.6 Å². The van der Waals surface area contributed by atoms with Crippen LogP contribution in [0.15, 0.2) is 77.7 Å². The third-order valence-corrected chi connectivity index (χ3v) is 8.29. The second-order valence-corrected chi connectivity index (χ2v) is 11.4. The van der Waals surface area contributed by atoms with E-state index in [0.717, 1.165) is 4.31 Å². The summed E-state index contributed by atoms with van der Waals surface area (Å²) in [6.45, 7) is 5.35. The first kappa shape index (κ1) is 30.1. The Morgan fingerprint density at radius 2 is 1.62 bits per heavy atom. The number of carbonyl (C=O) groups excluding carboxylic acids is 2. The molecule has 0 heterocycles. The molecule has 2 amide bonds. The molecule has 1 N–H and O–H groups in total. The van der Waals surface area contributed by atoms with Crippen LogP contribution in [-0.4, -0.2) is 44.3 Å². The average molecular weight is 574 g/mol. The first-order valence-corrected chi connectivity index (χ1v) is 14.6. The van der Waals surface area contributed by atoms with Gasteiger partial charge in [-0.15, -0.1) is 0 Å². The molecule has 0 aliphatic carbocycles. The highest BCUT2D eigenvalue weighted by Crippen LogP contribution is 2.28. The number of amides is 2. The number of benzene rings is 3. The Labute approximate surface area is 234 Å². The number of rotatable bonds is 12. The van der Waals surface area contributed by atoms with Gasteiger partial charge in [-0.25, -0.2) is 12.8 Å². The van der Waals surface area contributed by atoms with E-state index in [1.165, 1.54) is 53.4 Å². The van der Waals surface area contributed by atoms with Crippen LogP contribution in [-0.2, 0) is 26.2 Å². The van der Waals surface area contributed by atoms with Crippen LogP contribution >= 0.6 is 11.6 Å². The average Bonchev–Trinajstić information content (AvgIpc) is 2.92. The molecular weight excluding hydrogens is 541 g/mol. The molecule has 1 atom stereocenters. The molecule has 1 unspecified atom stereocenters. The number of aryl methyl sites for hydroxylation is 1. The molecule has 0 fully saturated rings. The number of anilines is 1. The standard InChI is InChI=1S/C29H33ClFN3O4S/c1-4-18-32-29(36)26(5-2)33(19-22-10-14-24(31)15-11-22)28(35)20-34(27-9-7-6-8-21(27)3)39(37,38)25-16-12-23(30)13-17-25/h6-17,26H,4-5,18-20H2,1-3H3,(H,32,36). The van der Waals surface area contributed by atoms with Gasteiger partial charge in [-0.1, -0.05) is 55.8 Å². The highest BCUT2D eigenvalue weighted by molar-refractivity contribution is 7.92. The van der Waals surface area contributed by atoms with Crippen molar-refractivity contribution in [3.8, 4) is 0 Å². The molecular formula is C29H33ClFN3O4S. The summed E-state index contributed by atoms with van der Waals surface area (Å²) in [5, 5.41) is 3.21. The minimum absolute atomic E-state index is 0.000229. The van der Waals surface area contributed by atoms with E-state index in [2.05, 4.69) is 5.32 Å². The lowest BCUT2D eigenvalue weighted by molar-refractivity contribution is -0.140. The first-order valence-electron chi connectivity index (χ1n) is 12.7. The van der Waals surface area contributed by atoms with Gasteiger partial charge in [0.05, 0.1) is 10.6 Å². The molecule has 0 saturated heterocycles. The highest BCUT2D eigenvalue weighted by Gasteiger charge is 2.34. The maximum Gasteiger partial charge on any atom is 0.264 e. The summed E-state index contributed by atoms with van der Waals surface area (Å²) < 4.78 is 42.3. The Morgan fingerprint density at radius 3 is 2.21 bits per heavy atom. The Balaban J connectivity index is 2.05. The molecule has 39 heavy (non-hydrogen) atoms. The van der Waals surface area contributed by atoms with Crippen LogP contribution in [0.1, 0.15) is 37.8 Å². The summed E-state index contributed by atoms with van der Waals surface area (Å²) in [5.41, 5.74) is 1.60. The van der Waals surface area contributed by atoms with Gasteiger partial charge >= 0.3 is 0 Å². The summed E-state index contributed by atoms with van der Waals surface area (Å²) in [6, 6.07) is 17.3. The molecule has 0 saturated carbocycles. The Bertz CT molecular complexity index is 1380. The number of para-hydroxylation sites is 1. The fourth-order valence-electron chi connectivity index (χ4n) is 4.16. The van der Waals surface area contributed by atoms with Crippen molar-refractivity contribution in [3.63, 3.8) is 0 Å². The monoisotopic (exact) mass is 573 g/mol. The molecule has 3 rings (SSSR count). The van der Waals surface area contributed by atoms with Gasteiger partial charge in [0, 0.05) is 18.1 Å². The summed E-state index contributed by atoms with van der Waals surface area (Å²) in [7, 11) is -4.19. The lowest BCUT2D eigenvalue weighted by Crippen LogP contribution is -2.52. The Morgan fingerprint density at radius 1 is 0.974 bits per heavy atom. The van der Waals surface area contributed by atoms with Crippen LogP contribution in [0, 0.1) is 12.7 Å². The predicted molar refractivity (Wildman–Crippen MR) is 151 cm³/mol. The van der Waals surface area contributed by atoms with E-state index in [9.17, 15) is 22.4 Å². The van der Waals surface area contributed by atoms with Gasteiger partial charge in [-0.2, -0.15) is 0 Å². The summed E-state index contributed by atoms with van der Waals surface area (Å²) in [5.74, 6) is -1.33. The first-order chi connectivity index (χ1) is 18.6. The summed E-state index contributed by atoms with van der Waals surface area (Å²) in [6.07, 6.45) is 1.02. The van der Waals surface area contributed by atoms with Gasteiger partial charge in [0.2, 0.25) is 11.8 Å². The van der Waals surface area contributed by atoms with Crippen molar-refractivity contribution in [2.24, 2.45) is 0 Å². The van der Waals surface area contributed by atoms with Crippen molar-refractivity contribution in [1.82, 2.24) is 10.2 Å². The highest BCUT2D eigenvalue weighted by atomic mass is 35.5. The zero-order chi connectivity index (χ0) is 28.6. The minimum atomic E-state index is -4.19. The fourth-order valence-corrected chi connectivity index (χ4v) is 5.77. The molecule has 3 aromatic carbocycles. The number of hydrogen-bond donors (Lipinski definition) is 1. The predicted octanol–water partition coefficient (Wildman–Crippen LogP) is 5.32. The summed E-state index contributed by atoms with van der Waals surface area (Å²) in [4.78, 5) is 28.4. The number of sulfonamides is 1. The maximum absolute atomic E-state index is 14.0. The van der Waals surface area contributed by atoms with Crippen molar-refractivity contribution in [2.75, 3.05) is 17.4 Å². The van der Waals surface area contributed by atoms with E-state index in [-0.39, 0.29) is 17.3 Å². The minimum Gasteiger partial charge on any atom is -0.354 e. The van der Waals surface area contributed by atoms with Crippen molar-refractivity contribution < 1.29 is 22.4 Å². The molecule has 0 aliphatic heterocycles. The number of hydrogen-bond acceptors (Lipinski definition) is 4. The lowest BCUT2D eigenvalue weighted by Gasteiger charge is -2.33. The van der Waals surface area contributed by atoms with Crippen molar-refractivity contribution in [3.05, 3.63) is 94.8 Å². The quantitative estimate of drug-likeness (QED) is 0.318. The van der Waals surface area contributed by atoms with Crippen LogP contribution in [0.25, 0.3) is 0 Å². The smallest absolute Gasteiger partial charge is 0.264 e. The van der Waals surface area contributed by atoms with Crippen LogP contribution in [0.5, 0.6) is 0 Å². The number of nitrogens with one attached hydrogen (secondary N) is 1. The second kappa shape index (κ2) is 13.6. The Hall–Kier alpha value is -3.43. The molecule has 0 radical (unpaired) electrons. The van der Waals surface area contributed by atoms with Gasteiger partial charge in [-0.05, 0) is 73.4 Å². The molecule has 0 aromatic heterocycles. The molecule has 0 aliphatic rings. The molecule has 208 valence electrons. The van der Waals surface area contributed by atoms with Crippen LogP contribution < -0.4 is 9.62 Å².